The molecule has 4 fully saturated rings. The molecule has 1 unspecified atom stereocenters. The molecule has 4 aliphatic heterocycles. The number of H-pyrrole nitrogens is 2. The summed E-state index contributed by atoms with van der Waals surface area (Å²) < 4.78 is 17.5. The van der Waals surface area contributed by atoms with Crippen molar-refractivity contribution in [2.45, 2.75) is 75.8 Å². The molecule has 10 rings (SSSR count). The number of para-hydroxylation sites is 1. The number of aromatic nitrogens is 2. The average Bonchev–Trinajstić information content (AvgIpc) is 3.68. The second-order valence-electron chi connectivity index (χ2n) is 15.8. The lowest BCUT2D eigenvalue weighted by atomic mass is 9.56. The van der Waals surface area contributed by atoms with E-state index in [0.29, 0.717) is 18.3 Å². The summed E-state index contributed by atoms with van der Waals surface area (Å²) in [5.41, 5.74) is 8.40. The average molecular weight is 691 g/mol. The van der Waals surface area contributed by atoms with Gasteiger partial charge in [0.25, 0.3) is 0 Å². The third-order valence-electron chi connectivity index (χ3n) is 13.7. The van der Waals surface area contributed by atoms with Crippen molar-refractivity contribution in [1.29, 1.82) is 0 Å². The zero-order valence-corrected chi connectivity index (χ0v) is 30.4. The summed E-state index contributed by atoms with van der Waals surface area (Å²) in [5.74, 6) is 1.07. The number of aromatic amines is 2. The number of rotatable bonds is 5. The Morgan fingerprint density at radius 1 is 1.02 bits per heavy atom. The first-order chi connectivity index (χ1) is 24.8. The summed E-state index contributed by atoms with van der Waals surface area (Å²) >= 11 is 0. The number of hydrogen-bond acceptors (Lipinski definition) is 7. The van der Waals surface area contributed by atoms with Crippen molar-refractivity contribution in [2.75, 3.05) is 41.0 Å². The maximum absolute atomic E-state index is 14.2. The molecule has 2 aliphatic carbocycles. The van der Waals surface area contributed by atoms with E-state index in [1.807, 2.05) is 0 Å². The Kier molecular flexibility index (Phi) is 7.89. The summed E-state index contributed by atoms with van der Waals surface area (Å²) in [6.45, 7) is 7.08. The molecule has 9 heteroatoms. The van der Waals surface area contributed by atoms with Crippen LogP contribution in [0.15, 0.2) is 48.0 Å². The molecular formula is C42H50N4O5. The summed E-state index contributed by atoms with van der Waals surface area (Å²) in [5, 5.41) is 6.02. The molecule has 4 aromatic rings. The predicted molar refractivity (Wildman–Crippen MR) is 197 cm³/mol. The summed E-state index contributed by atoms with van der Waals surface area (Å²) in [4.78, 5) is 38.2. The second kappa shape index (κ2) is 12.3. The van der Waals surface area contributed by atoms with E-state index in [9.17, 15) is 9.59 Å². The van der Waals surface area contributed by atoms with Gasteiger partial charge in [0.1, 0.15) is 11.2 Å². The fourth-order valence-corrected chi connectivity index (χ4v) is 11.7. The lowest BCUT2D eigenvalue weighted by Gasteiger charge is -2.57. The van der Waals surface area contributed by atoms with E-state index in [-0.39, 0.29) is 41.8 Å². The fourth-order valence-electron chi connectivity index (χ4n) is 11.7. The highest BCUT2D eigenvalue weighted by Gasteiger charge is 2.62. The Bertz CT molecular complexity index is 2080. The summed E-state index contributed by atoms with van der Waals surface area (Å²) in [7, 11) is 4.82. The first-order valence-electron chi connectivity index (χ1n) is 19.0. The van der Waals surface area contributed by atoms with Crippen molar-refractivity contribution >= 4 is 33.7 Å². The van der Waals surface area contributed by atoms with Gasteiger partial charge in [-0.15, -0.1) is 0 Å². The number of nitrogens with one attached hydrogen (secondary N) is 3. The third-order valence-corrected chi connectivity index (χ3v) is 13.7. The number of esters is 2. The van der Waals surface area contributed by atoms with Crippen molar-refractivity contribution in [3.05, 3.63) is 76.1 Å². The molecule has 0 spiro atoms. The minimum absolute atomic E-state index is 0.00336. The van der Waals surface area contributed by atoms with Crippen molar-refractivity contribution in [2.24, 2.45) is 23.7 Å². The van der Waals surface area contributed by atoms with E-state index in [1.54, 1.807) is 14.2 Å². The van der Waals surface area contributed by atoms with Gasteiger partial charge in [-0.2, -0.15) is 0 Å². The van der Waals surface area contributed by atoms with Gasteiger partial charge in [-0.05, 0) is 86.1 Å². The van der Waals surface area contributed by atoms with Gasteiger partial charge in [0.05, 0.1) is 27.2 Å². The lowest BCUT2D eigenvalue weighted by Crippen LogP contribution is -2.67. The minimum Gasteiger partial charge on any atom is -0.496 e. The smallest absolute Gasteiger partial charge is 0.319 e. The van der Waals surface area contributed by atoms with Gasteiger partial charge in [-0.1, -0.05) is 43.2 Å². The Morgan fingerprint density at radius 2 is 1.86 bits per heavy atom. The van der Waals surface area contributed by atoms with Crippen LogP contribution in [0, 0.1) is 23.7 Å². The molecule has 3 saturated heterocycles. The molecule has 3 N–H and O–H groups in total. The standard InChI is InChI=1S/C42H50N4O5/c1-6-23-14-22-19-42(41(48)51-5)38-26(12-13-46(21-22)39(23)42)28-18-35(49-3)29(16-33(28)45-38)30-15-27-24(7-2)20-43-34(36(27)40(47)50-4)17-31-25-10-8-9-11-32(25)44-37(30)31/h7-11,16,18,22-23,27,30,34,36,39,43-45H,6,12-15,17,19-21H2,1-5H3/b24-7-/t22-,23+,27+,30-,34+,36+,39+,42-/m1/s1. The first kappa shape index (κ1) is 32.8. The SMILES string of the molecule is C/C=C1/CN[C@H]2Cc3c([nH]c4ccccc34)[C@@H](c3cc4[nH]c5c(c4cc3OC)CCN3C[C@@H]4C[C@H](CC)[C@H]3[C@@]5(C(=O)OC)C4)C[C@@H]1[C@@H]2C(=O)OC. The van der Waals surface area contributed by atoms with Crippen LogP contribution in [0.2, 0.25) is 0 Å². The van der Waals surface area contributed by atoms with Gasteiger partial charge in [0.15, 0.2) is 0 Å². The molecule has 9 nitrogen and oxygen atoms in total. The number of fused-ring (bicyclic) bond motifs is 9. The van der Waals surface area contributed by atoms with E-state index in [1.165, 1.54) is 41.3 Å². The van der Waals surface area contributed by atoms with Crippen LogP contribution < -0.4 is 10.1 Å². The van der Waals surface area contributed by atoms with Crippen LogP contribution in [0.25, 0.3) is 21.8 Å². The zero-order chi connectivity index (χ0) is 35.2. The van der Waals surface area contributed by atoms with Gasteiger partial charge < -0.3 is 29.5 Å². The van der Waals surface area contributed by atoms with Gasteiger partial charge >= 0.3 is 11.9 Å². The molecule has 0 radical (unpaired) electrons. The van der Waals surface area contributed by atoms with Crippen molar-refractivity contribution < 1.29 is 23.8 Å². The number of ether oxygens (including phenoxy) is 3. The number of allylic oxidation sites excluding steroid dienone is 1. The summed E-state index contributed by atoms with van der Waals surface area (Å²) in [6, 6.07) is 13.1. The molecule has 1 saturated carbocycles. The van der Waals surface area contributed by atoms with Crippen molar-refractivity contribution in [3.8, 4) is 5.75 Å². The molecular weight excluding hydrogens is 640 g/mol. The first-order valence-corrected chi connectivity index (χ1v) is 19.0. The normalized spacial score (nSPS) is 33.2. The number of methoxy groups -OCH3 is 3. The molecule has 6 bridgehead atoms. The minimum atomic E-state index is -0.724. The molecule has 51 heavy (non-hydrogen) atoms. The van der Waals surface area contributed by atoms with E-state index in [4.69, 9.17) is 14.2 Å². The molecule has 0 amide bonds. The Balaban J connectivity index is 1.26. The van der Waals surface area contributed by atoms with Crippen LogP contribution in [0.3, 0.4) is 0 Å². The van der Waals surface area contributed by atoms with Crippen molar-refractivity contribution in [1.82, 2.24) is 20.2 Å². The number of piperidine rings is 3. The van der Waals surface area contributed by atoms with E-state index in [0.717, 1.165) is 78.7 Å². The third kappa shape index (κ3) is 4.66. The van der Waals surface area contributed by atoms with Crippen LogP contribution in [0.5, 0.6) is 5.75 Å². The lowest BCUT2D eigenvalue weighted by molar-refractivity contribution is -0.162. The molecule has 9 atom stereocenters. The quantitative estimate of drug-likeness (QED) is 0.170. The van der Waals surface area contributed by atoms with Gasteiger partial charge in [-0.25, -0.2) is 0 Å². The Hall–Kier alpha value is -4.08. The number of carbonyl (C=O) groups excluding carboxylic acids is 2. The highest BCUT2D eigenvalue weighted by atomic mass is 16.5. The largest absolute Gasteiger partial charge is 0.496 e. The van der Waals surface area contributed by atoms with E-state index < -0.39 is 5.41 Å². The van der Waals surface area contributed by atoms with Crippen LogP contribution in [-0.4, -0.2) is 79.9 Å². The number of nitrogens with zero attached hydrogens (tertiary/aromatic N) is 1. The highest BCUT2D eigenvalue weighted by molar-refractivity contribution is 5.93. The maximum Gasteiger partial charge on any atom is 0.319 e. The number of carbonyl (C=O) groups is 2. The monoisotopic (exact) mass is 690 g/mol. The van der Waals surface area contributed by atoms with Crippen LogP contribution >= 0.6 is 0 Å². The molecule has 2 aromatic heterocycles. The van der Waals surface area contributed by atoms with Crippen molar-refractivity contribution in [3.63, 3.8) is 0 Å². The zero-order valence-electron chi connectivity index (χ0n) is 30.4. The Labute approximate surface area is 299 Å². The maximum atomic E-state index is 14.2. The molecule has 6 heterocycles. The Morgan fingerprint density at radius 3 is 2.63 bits per heavy atom. The molecule has 2 aromatic carbocycles. The molecule has 6 aliphatic rings. The number of hydrogen-bond donors (Lipinski definition) is 3. The van der Waals surface area contributed by atoms with Crippen LogP contribution in [0.1, 0.15) is 73.5 Å². The topological polar surface area (TPSA) is 109 Å². The van der Waals surface area contributed by atoms with Crippen LogP contribution in [0.4, 0.5) is 0 Å². The fraction of sp³-hybridized carbons (Fsp3) is 0.524. The summed E-state index contributed by atoms with van der Waals surface area (Å²) in [6.07, 6.45) is 7.53. The van der Waals surface area contributed by atoms with Gasteiger partial charge in [-0.3, -0.25) is 14.5 Å². The number of benzene rings is 2. The highest BCUT2D eigenvalue weighted by Crippen LogP contribution is 2.56. The predicted octanol–water partition coefficient (Wildman–Crippen LogP) is 6.15. The van der Waals surface area contributed by atoms with E-state index in [2.05, 4.69) is 76.5 Å². The van der Waals surface area contributed by atoms with Gasteiger partial charge in [0.2, 0.25) is 0 Å². The van der Waals surface area contributed by atoms with Gasteiger partial charge in [0, 0.05) is 76.4 Å². The molecule has 268 valence electrons. The van der Waals surface area contributed by atoms with E-state index >= 15 is 0 Å². The van der Waals surface area contributed by atoms with Crippen LogP contribution in [-0.2, 0) is 37.3 Å². The second-order valence-corrected chi connectivity index (χ2v) is 15.8.